The molecule has 1 fully saturated rings. The van der Waals surface area contributed by atoms with Gasteiger partial charge in [-0.25, -0.2) is 9.59 Å². The Morgan fingerprint density at radius 3 is 2.06 bits per heavy atom. The fourth-order valence-corrected chi connectivity index (χ4v) is 4.83. The van der Waals surface area contributed by atoms with Crippen LogP contribution in [0.2, 0.25) is 0 Å². The molecule has 0 aromatic heterocycles. The van der Waals surface area contributed by atoms with Gasteiger partial charge in [0.1, 0.15) is 12.6 Å². The Morgan fingerprint density at radius 1 is 0.971 bits per heavy atom. The molecule has 34 heavy (non-hydrogen) atoms. The van der Waals surface area contributed by atoms with Gasteiger partial charge in [-0.2, -0.15) is 0 Å². The number of alkyl carbamates (subject to hydrolysis) is 1. The third kappa shape index (κ3) is 5.08. The zero-order chi connectivity index (χ0) is 24.2. The normalized spacial score (nSPS) is 16.7. The van der Waals surface area contributed by atoms with Gasteiger partial charge in [-0.15, -0.1) is 0 Å². The zero-order valence-corrected chi connectivity index (χ0v) is 19.6. The van der Waals surface area contributed by atoms with E-state index >= 15 is 0 Å². The number of hydrogen-bond acceptors (Lipinski definition) is 4. The summed E-state index contributed by atoms with van der Waals surface area (Å²) in [5.74, 6) is -1.48. The van der Waals surface area contributed by atoms with Crippen molar-refractivity contribution in [3.05, 3.63) is 59.7 Å². The summed E-state index contributed by atoms with van der Waals surface area (Å²) >= 11 is 0. The summed E-state index contributed by atoms with van der Waals surface area (Å²) in [6, 6.07) is 14.9. The number of carbonyl (C=O) groups excluding carboxylic acids is 2. The van der Waals surface area contributed by atoms with Gasteiger partial charge in [0.2, 0.25) is 5.91 Å². The third-order valence-electron chi connectivity index (χ3n) is 7.06. The molecule has 0 saturated heterocycles. The summed E-state index contributed by atoms with van der Waals surface area (Å²) in [5.41, 5.74) is 4.57. The van der Waals surface area contributed by atoms with Crippen molar-refractivity contribution in [1.29, 1.82) is 0 Å². The average molecular weight is 465 g/mol. The number of benzene rings is 2. The van der Waals surface area contributed by atoms with Gasteiger partial charge in [-0.3, -0.25) is 4.79 Å². The van der Waals surface area contributed by atoms with Crippen LogP contribution in [0.4, 0.5) is 4.79 Å². The van der Waals surface area contributed by atoms with E-state index in [0.717, 1.165) is 41.5 Å². The summed E-state index contributed by atoms with van der Waals surface area (Å²) < 4.78 is 5.61. The van der Waals surface area contributed by atoms with E-state index in [1.54, 1.807) is 0 Å². The van der Waals surface area contributed by atoms with Crippen LogP contribution in [0.25, 0.3) is 11.1 Å². The quantitative estimate of drug-likeness (QED) is 0.513. The van der Waals surface area contributed by atoms with Crippen molar-refractivity contribution in [2.45, 2.75) is 57.5 Å². The molecule has 0 aliphatic heterocycles. The fourth-order valence-electron chi connectivity index (χ4n) is 4.83. The van der Waals surface area contributed by atoms with Gasteiger partial charge >= 0.3 is 12.1 Å². The molecule has 180 valence electrons. The van der Waals surface area contributed by atoms with Crippen LogP contribution in [0, 0.1) is 11.8 Å². The Balaban J connectivity index is 1.35. The van der Waals surface area contributed by atoms with Gasteiger partial charge in [-0.05, 0) is 46.9 Å². The highest BCUT2D eigenvalue weighted by molar-refractivity contribution is 5.84. The molecule has 2 aliphatic rings. The molecule has 7 nitrogen and oxygen atoms in total. The summed E-state index contributed by atoms with van der Waals surface area (Å²) in [6.07, 6.45) is 2.02. The summed E-state index contributed by atoms with van der Waals surface area (Å²) in [6.45, 7) is 4.00. The Labute approximate surface area is 199 Å². The molecule has 7 heteroatoms. The van der Waals surface area contributed by atoms with Crippen molar-refractivity contribution in [1.82, 2.24) is 10.6 Å². The maximum Gasteiger partial charge on any atom is 0.407 e. The lowest BCUT2D eigenvalue weighted by molar-refractivity contribution is -0.144. The number of nitrogens with one attached hydrogen (secondary N) is 2. The minimum absolute atomic E-state index is 0.00162. The SMILES string of the molecule is CC(C)[C@H](CC(=O)NC(C(=O)O)C1CCC1)NC(=O)OCC1c2ccccc2-c2ccccc21. The number of amides is 2. The number of carboxylic acid groups (broad SMARTS) is 1. The van der Waals surface area contributed by atoms with Crippen LogP contribution in [0.1, 0.15) is 56.6 Å². The number of rotatable bonds is 9. The summed E-state index contributed by atoms with van der Waals surface area (Å²) in [7, 11) is 0. The molecule has 2 atom stereocenters. The second-order valence-corrected chi connectivity index (χ2v) is 9.60. The van der Waals surface area contributed by atoms with Crippen LogP contribution in [-0.2, 0) is 14.3 Å². The van der Waals surface area contributed by atoms with Gasteiger partial charge in [0, 0.05) is 18.4 Å². The highest BCUT2D eigenvalue weighted by Crippen LogP contribution is 2.44. The largest absolute Gasteiger partial charge is 0.480 e. The van der Waals surface area contributed by atoms with Gasteiger partial charge in [-0.1, -0.05) is 68.8 Å². The minimum Gasteiger partial charge on any atom is -0.480 e. The molecule has 4 rings (SSSR count). The molecule has 0 radical (unpaired) electrons. The maximum atomic E-state index is 12.7. The summed E-state index contributed by atoms with van der Waals surface area (Å²) in [5, 5.41) is 14.9. The molecule has 0 heterocycles. The molecule has 1 unspecified atom stereocenters. The predicted octanol–water partition coefficient (Wildman–Crippen LogP) is 4.31. The lowest BCUT2D eigenvalue weighted by Crippen LogP contribution is -2.50. The first-order valence-electron chi connectivity index (χ1n) is 12.0. The van der Waals surface area contributed by atoms with Crippen molar-refractivity contribution in [3.63, 3.8) is 0 Å². The van der Waals surface area contributed by atoms with Gasteiger partial charge in [0.15, 0.2) is 0 Å². The Morgan fingerprint density at radius 2 is 1.56 bits per heavy atom. The highest BCUT2D eigenvalue weighted by Gasteiger charge is 2.34. The molecule has 0 bridgehead atoms. The van der Waals surface area contributed by atoms with E-state index in [9.17, 15) is 19.5 Å². The van der Waals surface area contributed by atoms with Crippen molar-refractivity contribution >= 4 is 18.0 Å². The lowest BCUT2D eigenvalue weighted by atomic mass is 9.79. The van der Waals surface area contributed by atoms with E-state index in [2.05, 4.69) is 34.9 Å². The van der Waals surface area contributed by atoms with Crippen molar-refractivity contribution in [2.75, 3.05) is 6.61 Å². The Bertz CT molecular complexity index is 1020. The predicted molar refractivity (Wildman–Crippen MR) is 128 cm³/mol. The van der Waals surface area contributed by atoms with Gasteiger partial charge in [0.05, 0.1) is 0 Å². The third-order valence-corrected chi connectivity index (χ3v) is 7.06. The van der Waals surface area contributed by atoms with Crippen LogP contribution in [0.15, 0.2) is 48.5 Å². The van der Waals surface area contributed by atoms with Crippen molar-refractivity contribution < 1.29 is 24.2 Å². The maximum absolute atomic E-state index is 12.7. The van der Waals surface area contributed by atoms with E-state index in [1.165, 1.54) is 0 Å². The molecular weight excluding hydrogens is 432 g/mol. The van der Waals surface area contributed by atoms with Crippen LogP contribution in [0.3, 0.4) is 0 Å². The van der Waals surface area contributed by atoms with E-state index in [4.69, 9.17) is 4.74 Å². The van der Waals surface area contributed by atoms with Crippen LogP contribution in [-0.4, -0.2) is 41.8 Å². The smallest absolute Gasteiger partial charge is 0.407 e. The number of hydrogen-bond donors (Lipinski definition) is 3. The molecule has 1 saturated carbocycles. The van der Waals surface area contributed by atoms with E-state index < -0.39 is 24.1 Å². The lowest BCUT2D eigenvalue weighted by Gasteiger charge is -2.32. The molecule has 3 N–H and O–H groups in total. The highest BCUT2D eigenvalue weighted by atomic mass is 16.5. The molecule has 2 aromatic rings. The number of fused-ring (bicyclic) bond motifs is 3. The molecule has 2 aromatic carbocycles. The van der Waals surface area contributed by atoms with Crippen molar-refractivity contribution in [3.8, 4) is 11.1 Å². The molecular formula is C27H32N2O5. The van der Waals surface area contributed by atoms with Crippen LogP contribution >= 0.6 is 0 Å². The number of carboxylic acids is 1. The standard InChI is InChI=1S/C27H32N2O5/c1-16(2)23(14-24(30)29-25(26(31)32)17-8-7-9-17)28-27(33)34-15-22-20-12-5-3-10-18(20)19-11-4-6-13-21(19)22/h3-6,10-13,16-17,22-23,25H,7-9,14-15H2,1-2H3,(H,28,33)(H,29,30)(H,31,32)/t23-,25?/m0/s1. The van der Waals surface area contributed by atoms with E-state index in [0.29, 0.717) is 0 Å². The monoisotopic (exact) mass is 464 g/mol. The Kier molecular flexibility index (Phi) is 7.20. The number of aliphatic carboxylic acids is 1. The van der Waals surface area contributed by atoms with Crippen molar-refractivity contribution in [2.24, 2.45) is 11.8 Å². The molecule has 2 aliphatic carbocycles. The van der Waals surface area contributed by atoms with Crippen LogP contribution in [0.5, 0.6) is 0 Å². The van der Waals surface area contributed by atoms with Gasteiger partial charge in [0.25, 0.3) is 0 Å². The minimum atomic E-state index is -1.01. The topological polar surface area (TPSA) is 105 Å². The first-order chi connectivity index (χ1) is 16.3. The fraction of sp³-hybridized carbons (Fsp3) is 0.444. The second kappa shape index (κ2) is 10.3. The van der Waals surface area contributed by atoms with E-state index in [-0.39, 0.29) is 36.7 Å². The molecule has 0 spiro atoms. The second-order valence-electron chi connectivity index (χ2n) is 9.60. The first kappa shape index (κ1) is 23.8. The summed E-state index contributed by atoms with van der Waals surface area (Å²) in [4.78, 5) is 36.8. The average Bonchev–Trinajstić information content (AvgIpc) is 3.09. The van der Waals surface area contributed by atoms with Crippen LogP contribution < -0.4 is 10.6 Å². The van der Waals surface area contributed by atoms with E-state index in [1.807, 2.05) is 38.1 Å². The molecule has 2 amide bonds. The zero-order valence-electron chi connectivity index (χ0n) is 19.6. The Hall–Kier alpha value is -3.35. The number of carbonyl (C=O) groups is 3. The van der Waals surface area contributed by atoms with Gasteiger partial charge < -0.3 is 20.5 Å². The first-order valence-corrected chi connectivity index (χ1v) is 12.0. The number of ether oxygens (including phenoxy) is 1.